The maximum Gasteiger partial charge on any atom is 0.180 e. The number of halogens is 3. The first-order chi connectivity index (χ1) is 16.9. The molecule has 5 rings (SSSR count). The maximum absolute atomic E-state index is 13.1. The summed E-state index contributed by atoms with van der Waals surface area (Å²) in [7, 11) is 1.53. The topological polar surface area (TPSA) is 64.6 Å². The second-order valence-corrected chi connectivity index (χ2v) is 10.2. The van der Waals surface area contributed by atoms with E-state index in [2.05, 4.69) is 5.32 Å². The lowest BCUT2D eigenvalue weighted by atomic mass is 9.71. The Morgan fingerprint density at radius 1 is 0.886 bits per heavy atom. The van der Waals surface area contributed by atoms with Crippen molar-refractivity contribution in [1.82, 2.24) is 5.32 Å². The molecule has 8 heteroatoms. The van der Waals surface area contributed by atoms with E-state index in [0.717, 1.165) is 48.2 Å². The van der Waals surface area contributed by atoms with Gasteiger partial charge in [-0.3, -0.25) is 9.59 Å². The Labute approximate surface area is 219 Å². The number of methoxy groups -OCH3 is 1. The molecule has 0 saturated heterocycles. The molecule has 0 bridgehead atoms. The molecule has 2 aromatic rings. The summed E-state index contributed by atoms with van der Waals surface area (Å²) in [6.07, 6.45) is 4.13. The summed E-state index contributed by atoms with van der Waals surface area (Å²) in [6, 6.07) is 8.78. The molecule has 35 heavy (non-hydrogen) atoms. The van der Waals surface area contributed by atoms with Crippen LogP contribution in [0.5, 0.6) is 11.5 Å². The zero-order chi connectivity index (χ0) is 24.7. The summed E-state index contributed by atoms with van der Waals surface area (Å²) >= 11 is 19.0. The van der Waals surface area contributed by atoms with Gasteiger partial charge in [0.2, 0.25) is 0 Å². The zero-order valence-electron chi connectivity index (χ0n) is 19.2. The molecule has 182 valence electrons. The Kier molecular flexibility index (Phi) is 6.84. The van der Waals surface area contributed by atoms with Crippen molar-refractivity contribution in [3.05, 3.63) is 79.1 Å². The minimum atomic E-state index is -0.465. The van der Waals surface area contributed by atoms with Gasteiger partial charge in [0.25, 0.3) is 0 Å². The van der Waals surface area contributed by atoms with Crippen LogP contribution in [0.2, 0.25) is 15.1 Å². The van der Waals surface area contributed by atoms with Crippen molar-refractivity contribution < 1.29 is 19.1 Å². The third-order valence-corrected chi connectivity index (χ3v) is 7.63. The lowest BCUT2D eigenvalue weighted by Crippen LogP contribution is -2.36. The molecule has 2 aliphatic carbocycles. The van der Waals surface area contributed by atoms with Crippen LogP contribution in [0.3, 0.4) is 0 Å². The highest BCUT2D eigenvalue weighted by molar-refractivity contribution is 6.35. The van der Waals surface area contributed by atoms with Crippen molar-refractivity contribution >= 4 is 46.4 Å². The molecule has 3 aliphatic rings. The summed E-state index contributed by atoms with van der Waals surface area (Å²) in [5, 5.41) is 4.79. The molecule has 0 saturated carbocycles. The number of Topliss-reactive ketones (excluding diaryl/α,β-unsaturated/α-hetero) is 2. The van der Waals surface area contributed by atoms with Crippen LogP contribution in [0.15, 0.2) is 52.9 Å². The van der Waals surface area contributed by atoms with Gasteiger partial charge in [-0.05, 0) is 55.5 Å². The van der Waals surface area contributed by atoms with Crippen molar-refractivity contribution in [3.63, 3.8) is 0 Å². The van der Waals surface area contributed by atoms with E-state index < -0.39 is 5.92 Å². The standard InChI is InChI=1S/C27H24Cl3NO4/c1-34-23-11-15(10-18(30)27(23)35-13-14-8-9-16(28)12-17(14)29)24-25-19(4-2-6-21(25)32)31-20-5-3-7-22(33)26(20)24/h8-12,24,31H,2-7,13H2,1H3. The second-order valence-electron chi connectivity index (χ2n) is 8.95. The van der Waals surface area contributed by atoms with Crippen molar-refractivity contribution in [2.45, 2.75) is 51.0 Å². The SMILES string of the molecule is COc1cc(C2C3=C(CCCC3=O)NC3=C2C(=O)CCC3)cc(Cl)c1OCc1ccc(Cl)cc1Cl. The van der Waals surface area contributed by atoms with E-state index in [0.29, 0.717) is 50.6 Å². The Morgan fingerprint density at radius 3 is 2.14 bits per heavy atom. The number of rotatable bonds is 5. The number of nitrogens with one attached hydrogen (secondary N) is 1. The fourth-order valence-corrected chi connectivity index (χ4v) is 5.89. The lowest BCUT2D eigenvalue weighted by Gasteiger charge is -2.37. The summed E-state index contributed by atoms with van der Waals surface area (Å²) in [6.45, 7) is 0.167. The zero-order valence-corrected chi connectivity index (χ0v) is 21.4. The fraction of sp³-hybridized carbons (Fsp3) is 0.333. The largest absolute Gasteiger partial charge is 0.493 e. The Balaban J connectivity index is 1.55. The smallest absolute Gasteiger partial charge is 0.180 e. The predicted molar refractivity (Wildman–Crippen MR) is 136 cm³/mol. The van der Waals surface area contributed by atoms with E-state index in [1.807, 2.05) is 6.07 Å². The molecule has 0 atom stereocenters. The average Bonchev–Trinajstić information content (AvgIpc) is 2.83. The van der Waals surface area contributed by atoms with Crippen LogP contribution < -0.4 is 14.8 Å². The first kappa shape index (κ1) is 24.2. The molecule has 0 fully saturated rings. The lowest BCUT2D eigenvalue weighted by molar-refractivity contribution is -0.116. The highest BCUT2D eigenvalue weighted by Crippen LogP contribution is 2.48. The number of carbonyl (C=O) groups excluding carboxylic acids is 2. The molecule has 1 aliphatic heterocycles. The minimum Gasteiger partial charge on any atom is -0.493 e. The van der Waals surface area contributed by atoms with Gasteiger partial charge < -0.3 is 14.8 Å². The van der Waals surface area contributed by atoms with Gasteiger partial charge in [-0.2, -0.15) is 0 Å². The first-order valence-corrected chi connectivity index (χ1v) is 12.7. The van der Waals surface area contributed by atoms with Crippen molar-refractivity contribution in [2.75, 3.05) is 7.11 Å². The number of hydrogen-bond acceptors (Lipinski definition) is 5. The number of ketones is 2. The summed E-state index contributed by atoms with van der Waals surface area (Å²) in [5.74, 6) is 0.467. The van der Waals surface area contributed by atoms with Crippen LogP contribution in [-0.2, 0) is 16.2 Å². The van der Waals surface area contributed by atoms with Gasteiger partial charge in [0.05, 0.1) is 12.1 Å². The van der Waals surface area contributed by atoms with Crippen LogP contribution in [0.25, 0.3) is 0 Å². The van der Waals surface area contributed by atoms with Crippen LogP contribution in [0.4, 0.5) is 0 Å². The first-order valence-electron chi connectivity index (χ1n) is 11.6. The molecular formula is C27H24Cl3NO4. The van der Waals surface area contributed by atoms with E-state index in [1.165, 1.54) is 7.11 Å². The molecule has 0 amide bonds. The fourth-order valence-electron chi connectivity index (χ4n) is 5.15. The Bertz CT molecular complexity index is 1260. The van der Waals surface area contributed by atoms with E-state index in [4.69, 9.17) is 44.3 Å². The van der Waals surface area contributed by atoms with E-state index in [-0.39, 0.29) is 18.2 Å². The summed E-state index contributed by atoms with van der Waals surface area (Å²) in [5.41, 5.74) is 4.69. The quantitative estimate of drug-likeness (QED) is 0.452. The van der Waals surface area contributed by atoms with Gasteiger partial charge in [0.15, 0.2) is 23.1 Å². The highest BCUT2D eigenvalue weighted by Gasteiger charge is 2.40. The number of ether oxygens (including phenoxy) is 2. The third-order valence-electron chi connectivity index (χ3n) is 6.76. The van der Waals surface area contributed by atoms with Gasteiger partial charge in [-0.15, -0.1) is 0 Å². The number of hydrogen-bond donors (Lipinski definition) is 1. The van der Waals surface area contributed by atoms with E-state index >= 15 is 0 Å². The number of benzene rings is 2. The van der Waals surface area contributed by atoms with Crippen LogP contribution in [0, 0.1) is 0 Å². The molecule has 0 radical (unpaired) electrons. The highest BCUT2D eigenvalue weighted by atomic mass is 35.5. The Morgan fingerprint density at radius 2 is 1.54 bits per heavy atom. The molecule has 0 aromatic heterocycles. The number of dihydropyridines is 1. The third kappa shape index (κ3) is 4.57. The van der Waals surface area contributed by atoms with Gasteiger partial charge in [0, 0.05) is 56.9 Å². The maximum atomic E-state index is 13.1. The van der Waals surface area contributed by atoms with Crippen molar-refractivity contribution in [3.8, 4) is 11.5 Å². The molecule has 5 nitrogen and oxygen atoms in total. The van der Waals surface area contributed by atoms with Crippen LogP contribution >= 0.6 is 34.8 Å². The van der Waals surface area contributed by atoms with Crippen LogP contribution in [-0.4, -0.2) is 18.7 Å². The minimum absolute atomic E-state index is 0.0708. The normalized spacial score (nSPS) is 18.3. The molecule has 1 N–H and O–H groups in total. The molecular weight excluding hydrogens is 509 g/mol. The molecule has 0 unspecified atom stereocenters. The molecule has 1 heterocycles. The Hall–Kier alpha value is -2.47. The molecule has 0 spiro atoms. The summed E-state index contributed by atoms with van der Waals surface area (Å²) in [4.78, 5) is 26.1. The van der Waals surface area contributed by atoms with Gasteiger partial charge in [-0.25, -0.2) is 0 Å². The van der Waals surface area contributed by atoms with Gasteiger partial charge in [0.1, 0.15) is 6.61 Å². The van der Waals surface area contributed by atoms with E-state index in [9.17, 15) is 9.59 Å². The van der Waals surface area contributed by atoms with Crippen molar-refractivity contribution in [1.29, 1.82) is 0 Å². The second kappa shape index (κ2) is 9.88. The number of allylic oxidation sites excluding steroid dienone is 4. The average molecular weight is 533 g/mol. The van der Waals surface area contributed by atoms with Gasteiger partial charge in [-0.1, -0.05) is 40.9 Å². The van der Waals surface area contributed by atoms with Crippen LogP contribution in [0.1, 0.15) is 55.6 Å². The van der Waals surface area contributed by atoms with Crippen molar-refractivity contribution in [2.24, 2.45) is 0 Å². The van der Waals surface area contributed by atoms with Gasteiger partial charge >= 0.3 is 0 Å². The summed E-state index contributed by atoms with van der Waals surface area (Å²) < 4.78 is 11.6. The monoisotopic (exact) mass is 531 g/mol. The molecule has 2 aromatic carbocycles. The van der Waals surface area contributed by atoms with E-state index in [1.54, 1.807) is 24.3 Å². The number of carbonyl (C=O) groups is 2. The predicted octanol–water partition coefficient (Wildman–Crippen LogP) is 6.94.